The fourth-order valence-corrected chi connectivity index (χ4v) is 2.85. The summed E-state index contributed by atoms with van der Waals surface area (Å²) < 4.78 is 0. The third-order valence-corrected chi connectivity index (χ3v) is 4.42. The van der Waals surface area contributed by atoms with E-state index in [9.17, 15) is 9.59 Å². The number of carbonyl (C=O) groups excluding carboxylic acids is 2. The van der Waals surface area contributed by atoms with Gasteiger partial charge in [-0.3, -0.25) is 9.59 Å². The van der Waals surface area contributed by atoms with Gasteiger partial charge in [-0.2, -0.15) is 0 Å². The topological polar surface area (TPSA) is 37.4 Å². The first kappa shape index (κ1) is 17.6. The molecule has 3 rings (SSSR count). The highest BCUT2D eigenvalue weighted by atomic mass is 16.2. The normalized spacial score (nSPS) is 10.4. The Hall–Kier alpha value is -3.20. The van der Waals surface area contributed by atoms with Gasteiger partial charge in [0.1, 0.15) is 0 Å². The molecule has 0 aromatic heterocycles. The number of anilines is 1. The van der Waals surface area contributed by atoms with Gasteiger partial charge < -0.3 is 4.90 Å². The van der Waals surface area contributed by atoms with Gasteiger partial charge in [-0.1, -0.05) is 66.7 Å². The second-order valence-corrected chi connectivity index (χ2v) is 6.30. The van der Waals surface area contributed by atoms with E-state index in [1.54, 1.807) is 18.9 Å². The van der Waals surface area contributed by atoms with Gasteiger partial charge in [0.25, 0.3) is 0 Å². The maximum Gasteiger partial charge on any atom is 0.231 e. The largest absolute Gasteiger partial charge is 0.315 e. The Morgan fingerprint density at radius 1 is 0.808 bits per heavy atom. The number of para-hydroxylation sites is 1. The van der Waals surface area contributed by atoms with Gasteiger partial charge in [0.05, 0.1) is 6.42 Å². The second kappa shape index (κ2) is 7.79. The van der Waals surface area contributed by atoms with E-state index in [-0.39, 0.29) is 11.7 Å². The van der Waals surface area contributed by atoms with Crippen LogP contribution in [-0.2, 0) is 11.2 Å². The molecule has 0 bridgehead atoms. The molecule has 0 unspecified atom stereocenters. The molecule has 0 fully saturated rings. The summed E-state index contributed by atoms with van der Waals surface area (Å²) in [7, 11) is 1.79. The molecular weight excluding hydrogens is 322 g/mol. The Balaban J connectivity index is 1.77. The zero-order valence-electron chi connectivity index (χ0n) is 15.0. The van der Waals surface area contributed by atoms with E-state index >= 15 is 0 Å². The quantitative estimate of drug-likeness (QED) is 0.626. The molecule has 3 aromatic rings. The van der Waals surface area contributed by atoms with Crippen molar-refractivity contribution in [3.63, 3.8) is 0 Å². The average molecular weight is 343 g/mol. The third kappa shape index (κ3) is 4.06. The fourth-order valence-electron chi connectivity index (χ4n) is 2.85. The van der Waals surface area contributed by atoms with Gasteiger partial charge in [-0.05, 0) is 35.7 Å². The summed E-state index contributed by atoms with van der Waals surface area (Å²) >= 11 is 0. The molecule has 0 atom stereocenters. The molecule has 0 aliphatic carbocycles. The lowest BCUT2D eigenvalue weighted by molar-refractivity contribution is -0.117. The minimum absolute atomic E-state index is 0.0419. The SMILES string of the molecule is CC(=O)c1ccc(-c2cccc(CC(=O)N(C)c3ccccc3)c2)cc1. The van der Waals surface area contributed by atoms with E-state index in [1.165, 1.54) is 0 Å². The summed E-state index contributed by atoms with van der Waals surface area (Å²) in [6, 6.07) is 25.1. The first-order valence-electron chi connectivity index (χ1n) is 8.56. The van der Waals surface area contributed by atoms with Crippen LogP contribution in [0, 0.1) is 0 Å². The first-order chi connectivity index (χ1) is 12.5. The van der Waals surface area contributed by atoms with Crippen LogP contribution in [0.3, 0.4) is 0 Å². The zero-order valence-corrected chi connectivity index (χ0v) is 15.0. The maximum atomic E-state index is 12.6. The Morgan fingerprint density at radius 2 is 1.50 bits per heavy atom. The van der Waals surface area contributed by atoms with Gasteiger partial charge in [-0.15, -0.1) is 0 Å². The minimum Gasteiger partial charge on any atom is -0.315 e. The standard InChI is InChI=1S/C23H21NO2/c1-17(25)19-11-13-20(14-12-19)21-8-6-7-18(15-21)16-23(26)24(2)22-9-4-3-5-10-22/h3-15H,16H2,1-2H3. The average Bonchev–Trinajstić information content (AvgIpc) is 2.68. The number of likely N-dealkylation sites (N-methyl/N-ethyl adjacent to an activating group) is 1. The zero-order chi connectivity index (χ0) is 18.5. The summed E-state index contributed by atoms with van der Waals surface area (Å²) in [5, 5.41) is 0. The van der Waals surface area contributed by atoms with Crippen LogP contribution < -0.4 is 4.90 Å². The maximum absolute atomic E-state index is 12.6. The van der Waals surface area contributed by atoms with Crippen LogP contribution in [0.25, 0.3) is 11.1 Å². The molecule has 3 aromatic carbocycles. The summed E-state index contributed by atoms with van der Waals surface area (Å²) in [6.45, 7) is 1.56. The lowest BCUT2D eigenvalue weighted by atomic mass is 10.00. The van der Waals surface area contributed by atoms with Crippen molar-refractivity contribution < 1.29 is 9.59 Å². The molecule has 0 aliphatic rings. The van der Waals surface area contributed by atoms with Gasteiger partial charge in [0.2, 0.25) is 5.91 Å². The summed E-state index contributed by atoms with van der Waals surface area (Å²) in [5.41, 5.74) is 4.61. The van der Waals surface area contributed by atoms with Crippen LogP contribution in [0.1, 0.15) is 22.8 Å². The van der Waals surface area contributed by atoms with E-state index in [1.807, 2.05) is 78.9 Å². The third-order valence-electron chi connectivity index (χ3n) is 4.42. The predicted octanol–water partition coefficient (Wildman–Crippen LogP) is 4.76. The van der Waals surface area contributed by atoms with Gasteiger partial charge in [0, 0.05) is 18.3 Å². The molecular formula is C23H21NO2. The number of ketones is 1. The smallest absolute Gasteiger partial charge is 0.231 e. The Morgan fingerprint density at radius 3 is 2.15 bits per heavy atom. The number of rotatable bonds is 5. The van der Waals surface area contributed by atoms with Crippen molar-refractivity contribution >= 4 is 17.4 Å². The number of hydrogen-bond donors (Lipinski definition) is 0. The van der Waals surface area contributed by atoms with Crippen molar-refractivity contribution in [2.24, 2.45) is 0 Å². The van der Waals surface area contributed by atoms with Gasteiger partial charge >= 0.3 is 0 Å². The van der Waals surface area contributed by atoms with E-state index in [0.717, 1.165) is 22.4 Å². The lowest BCUT2D eigenvalue weighted by Crippen LogP contribution is -2.27. The predicted molar refractivity (Wildman–Crippen MR) is 105 cm³/mol. The Labute approximate surface area is 153 Å². The van der Waals surface area contributed by atoms with E-state index in [4.69, 9.17) is 0 Å². The molecule has 0 heterocycles. The molecule has 0 aliphatic heterocycles. The van der Waals surface area contributed by atoms with Crippen LogP contribution in [0.5, 0.6) is 0 Å². The van der Waals surface area contributed by atoms with E-state index < -0.39 is 0 Å². The van der Waals surface area contributed by atoms with Crippen LogP contribution in [0.2, 0.25) is 0 Å². The van der Waals surface area contributed by atoms with Crippen molar-refractivity contribution in [1.29, 1.82) is 0 Å². The van der Waals surface area contributed by atoms with Gasteiger partial charge in [-0.25, -0.2) is 0 Å². The number of hydrogen-bond acceptors (Lipinski definition) is 2. The van der Waals surface area contributed by atoms with Crippen LogP contribution in [0.15, 0.2) is 78.9 Å². The molecule has 3 nitrogen and oxygen atoms in total. The first-order valence-corrected chi connectivity index (χ1v) is 8.56. The van der Waals surface area contributed by atoms with Crippen LogP contribution in [-0.4, -0.2) is 18.7 Å². The van der Waals surface area contributed by atoms with Crippen molar-refractivity contribution in [2.45, 2.75) is 13.3 Å². The molecule has 3 heteroatoms. The van der Waals surface area contributed by atoms with Crippen LogP contribution in [0.4, 0.5) is 5.69 Å². The molecule has 0 radical (unpaired) electrons. The molecule has 26 heavy (non-hydrogen) atoms. The number of Topliss-reactive ketones (excluding diaryl/α,β-unsaturated/α-hetero) is 1. The molecule has 0 spiro atoms. The highest BCUT2D eigenvalue weighted by Crippen LogP contribution is 2.22. The minimum atomic E-state index is 0.0419. The molecule has 1 amide bonds. The van der Waals surface area contributed by atoms with Crippen molar-refractivity contribution in [2.75, 3.05) is 11.9 Å². The molecule has 0 saturated carbocycles. The van der Waals surface area contributed by atoms with E-state index in [2.05, 4.69) is 0 Å². The summed E-state index contributed by atoms with van der Waals surface area (Å²) in [6.07, 6.45) is 0.338. The van der Waals surface area contributed by atoms with E-state index in [0.29, 0.717) is 12.0 Å². The molecule has 130 valence electrons. The van der Waals surface area contributed by atoms with Crippen LogP contribution >= 0.6 is 0 Å². The number of nitrogens with zero attached hydrogens (tertiary/aromatic N) is 1. The number of amides is 1. The highest BCUT2D eigenvalue weighted by molar-refractivity contribution is 5.95. The molecule has 0 saturated heterocycles. The summed E-state index contributed by atoms with van der Waals surface area (Å²) in [5.74, 6) is 0.0973. The second-order valence-electron chi connectivity index (χ2n) is 6.30. The summed E-state index contributed by atoms with van der Waals surface area (Å²) in [4.78, 5) is 25.7. The lowest BCUT2D eigenvalue weighted by Gasteiger charge is -2.17. The molecule has 0 N–H and O–H groups in total. The Kier molecular flexibility index (Phi) is 5.28. The Bertz CT molecular complexity index is 914. The number of benzene rings is 3. The van der Waals surface area contributed by atoms with Crippen molar-refractivity contribution in [1.82, 2.24) is 0 Å². The van der Waals surface area contributed by atoms with Gasteiger partial charge in [0.15, 0.2) is 5.78 Å². The highest BCUT2D eigenvalue weighted by Gasteiger charge is 2.12. The monoisotopic (exact) mass is 343 g/mol. The van der Waals surface area contributed by atoms with Crippen molar-refractivity contribution in [3.05, 3.63) is 90.0 Å². The van der Waals surface area contributed by atoms with Crippen molar-refractivity contribution in [3.8, 4) is 11.1 Å². The number of carbonyl (C=O) groups is 2. The fraction of sp³-hybridized carbons (Fsp3) is 0.130.